The van der Waals surface area contributed by atoms with Crippen LogP contribution in [-0.4, -0.2) is 29.5 Å². The molecule has 0 saturated carbocycles. The maximum absolute atomic E-state index is 11.6. The lowest BCUT2D eigenvalue weighted by Gasteiger charge is -2.13. The molecule has 6 nitrogen and oxygen atoms in total. The maximum atomic E-state index is 11.6. The van der Waals surface area contributed by atoms with Gasteiger partial charge in [-0.2, -0.15) is 0 Å². The Hall–Kier alpha value is -1.73. The van der Waals surface area contributed by atoms with Gasteiger partial charge in [-0.25, -0.2) is 0 Å². The third kappa shape index (κ3) is 3.68. The number of rotatable bonds is 4. The van der Waals surface area contributed by atoms with Gasteiger partial charge in [0, 0.05) is 6.92 Å². The standard InChI is InChI=1S/C13H12ClNO5S/c1-6(16)20-11-8(14)3-7(4-9(11)19-2)5-10-12(17)15-13(18)21-10/h3-4,10H,5H2,1-2H3,(H,15,17,18). The molecule has 0 bridgehead atoms. The molecule has 21 heavy (non-hydrogen) atoms. The summed E-state index contributed by atoms with van der Waals surface area (Å²) in [6.45, 7) is 1.26. The Morgan fingerprint density at radius 3 is 2.67 bits per heavy atom. The Bertz CT molecular complexity index is 619. The smallest absolute Gasteiger partial charge is 0.308 e. The van der Waals surface area contributed by atoms with E-state index in [0.717, 1.165) is 11.8 Å². The number of thioether (sulfide) groups is 1. The van der Waals surface area contributed by atoms with Gasteiger partial charge in [-0.3, -0.25) is 19.7 Å². The van der Waals surface area contributed by atoms with E-state index in [4.69, 9.17) is 21.1 Å². The van der Waals surface area contributed by atoms with Crippen molar-refractivity contribution in [2.24, 2.45) is 0 Å². The number of carbonyl (C=O) groups excluding carboxylic acids is 3. The van der Waals surface area contributed by atoms with E-state index in [1.165, 1.54) is 14.0 Å². The largest absolute Gasteiger partial charge is 0.493 e. The number of halogens is 1. The zero-order valence-electron chi connectivity index (χ0n) is 11.3. The summed E-state index contributed by atoms with van der Waals surface area (Å²) in [6.07, 6.45) is 0.318. The Kier molecular flexibility index (Phi) is 4.74. The van der Waals surface area contributed by atoms with Crippen LogP contribution in [0.1, 0.15) is 12.5 Å². The zero-order chi connectivity index (χ0) is 15.6. The highest BCUT2D eigenvalue weighted by molar-refractivity contribution is 8.15. The molecule has 1 aromatic rings. The molecular formula is C13H12ClNO5S. The van der Waals surface area contributed by atoms with Crippen LogP contribution >= 0.6 is 23.4 Å². The normalized spacial score (nSPS) is 17.6. The van der Waals surface area contributed by atoms with Gasteiger partial charge in [-0.1, -0.05) is 23.4 Å². The lowest BCUT2D eigenvalue weighted by atomic mass is 10.1. The number of imide groups is 1. The van der Waals surface area contributed by atoms with Gasteiger partial charge in [0.15, 0.2) is 11.5 Å². The summed E-state index contributed by atoms with van der Waals surface area (Å²) in [5.74, 6) is -0.416. The van der Waals surface area contributed by atoms with Gasteiger partial charge in [0.05, 0.1) is 17.4 Å². The van der Waals surface area contributed by atoms with Gasteiger partial charge in [-0.05, 0) is 24.1 Å². The lowest BCUT2D eigenvalue weighted by Crippen LogP contribution is -2.25. The molecule has 1 unspecified atom stereocenters. The summed E-state index contributed by atoms with van der Waals surface area (Å²) in [5.41, 5.74) is 0.704. The molecule has 8 heteroatoms. The molecule has 1 aliphatic heterocycles. The molecule has 2 amide bonds. The average Bonchev–Trinajstić information content (AvgIpc) is 2.70. The highest BCUT2D eigenvalue weighted by atomic mass is 35.5. The molecule has 1 atom stereocenters. The lowest BCUT2D eigenvalue weighted by molar-refractivity contribution is -0.132. The van der Waals surface area contributed by atoms with Crippen LogP contribution in [0.2, 0.25) is 5.02 Å². The quantitative estimate of drug-likeness (QED) is 0.673. The minimum Gasteiger partial charge on any atom is -0.493 e. The Morgan fingerprint density at radius 2 is 2.14 bits per heavy atom. The van der Waals surface area contributed by atoms with Gasteiger partial charge >= 0.3 is 5.97 Å². The van der Waals surface area contributed by atoms with Crippen molar-refractivity contribution in [3.05, 3.63) is 22.7 Å². The Labute approximate surface area is 130 Å². The van der Waals surface area contributed by atoms with E-state index in [1.54, 1.807) is 12.1 Å². The van der Waals surface area contributed by atoms with Gasteiger partial charge < -0.3 is 9.47 Å². The average molecular weight is 330 g/mol. The Balaban J connectivity index is 2.25. The van der Waals surface area contributed by atoms with Gasteiger partial charge in [0.25, 0.3) is 5.24 Å². The number of ether oxygens (including phenoxy) is 2. The van der Waals surface area contributed by atoms with Crippen LogP contribution in [-0.2, 0) is 16.0 Å². The monoisotopic (exact) mass is 329 g/mol. The third-order valence-corrected chi connectivity index (χ3v) is 3.99. The number of esters is 1. The first-order valence-corrected chi connectivity index (χ1v) is 7.22. The first-order chi connectivity index (χ1) is 9.90. The molecule has 1 saturated heterocycles. The maximum Gasteiger partial charge on any atom is 0.308 e. The second-order valence-electron chi connectivity index (χ2n) is 4.29. The van der Waals surface area contributed by atoms with Crippen molar-refractivity contribution in [2.45, 2.75) is 18.6 Å². The summed E-state index contributed by atoms with van der Waals surface area (Å²) >= 11 is 7.01. The minimum absolute atomic E-state index is 0.134. The molecule has 0 aromatic heterocycles. The van der Waals surface area contributed by atoms with E-state index >= 15 is 0 Å². The number of methoxy groups -OCH3 is 1. The molecule has 112 valence electrons. The van der Waals surface area contributed by atoms with E-state index in [0.29, 0.717) is 17.7 Å². The molecule has 1 N–H and O–H groups in total. The fraction of sp³-hybridized carbons (Fsp3) is 0.308. The summed E-state index contributed by atoms with van der Waals surface area (Å²) in [4.78, 5) is 33.7. The summed E-state index contributed by atoms with van der Waals surface area (Å²) < 4.78 is 10.1. The first kappa shape index (κ1) is 15.7. The predicted octanol–water partition coefficient (Wildman–Crippen LogP) is 2.17. The molecule has 0 aliphatic carbocycles. The van der Waals surface area contributed by atoms with Crippen LogP contribution in [0.3, 0.4) is 0 Å². The summed E-state index contributed by atoms with van der Waals surface area (Å²) in [7, 11) is 1.42. The molecule has 1 fully saturated rings. The fourth-order valence-electron chi connectivity index (χ4n) is 1.88. The van der Waals surface area contributed by atoms with E-state index < -0.39 is 11.2 Å². The summed E-state index contributed by atoms with van der Waals surface area (Å²) in [5, 5.41) is 1.56. The number of amides is 2. The minimum atomic E-state index is -0.515. The van der Waals surface area contributed by atoms with Gasteiger partial charge in [0.1, 0.15) is 0 Å². The second kappa shape index (κ2) is 6.36. The van der Waals surface area contributed by atoms with Gasteiger partial charge in [-0.15, -0.1) is 0 Å². The Morgan fingerprint density at radius 1 is 1.43 bits per heavy atom. The molecule has 0 spiro atoms. The van der Waals surface area contributed by atoms with E-state index in [2.05, 4.69) is 5.32 Å². The number of hydrogen-bond donors (Lipinski definition) is 1. The van der Waals surface area contributed by atoms with Crippen LogP contribution in [0.25, 0.3) is 0 Å². The molecule has 0 radical (unpaired) electrons. The van der Waals surface area contributed by atoms with Crippen molar-refractivity contribution in [3.63, 3.8) is 0 Å². The van der Waals surface area contributed by atoms with E-state index in [1.807, 2.05) is 0 Å². The fourth-order valence-corrected chi connectivity index (χ4v) is 3.01. The zero-order valence-corrected chi connectivity index (χ0v) is 12.8. The van der Waals surface area contributed by atoms with Crippen LogP contribution in [0.15, 0.2) is 12.1 Å². The molecular weight excluding hydrogens is 318 g/mol. The number of carbonyl (C=O) groups is 3. The van der Waals surface area contributed by atoms with Crippen LogP contribution in [0.5, 0.6) is 11.5 Å². The van der Waals surface area contributed by atoms with E-state index in [-0.39, 0.29) is 21.9 Å². The first-order valence-electron chi connectivity index (χ1n) is 5.97. The molecule has 1 heterocycles. The van der Waals surface area contributed by atoms with Crippen molar-refractivity contribution in [1.82, 2.24) is 5.32 Å². The predicted molar refractivity (Wildman–Crippen MR) is 77.9 cm³/mol. The van der Waals surface area contributed by atoms with Crippen molar-refractivity contribution in [1.29, 1.82) is 0 Å². The van der Waals surface area contributed by atoms with Crippen LogP contribution in [0.4, 0.5) is 4.79 Å². The molecule has 1 aliphatic rings. The third-order valence-electron chi connectivity index (χ3n) is 2.72. The van der Waals surface area contributed by atoms with Crippen LogP contribution in [0, 0.1) is 0 Å². The highest BCUT2D eigenvalue weighted by Crippen LogP contribution is 2.37. The van der Waals surface area contributed by atoms with Crippen molar-refractivity contribution in [3.8, 4) is 11.5 Å². The number of nitrogens with one attached hydrogen (secondary N) is 1. The second-order valence-corrected chi connectivity index (χ2v) is 5.87. The molecule has 2 rings (SSSR count). The molecule has 1 aromatic carbocycles. The highest BCUT2D eigenvalue weighted by Gasteiger charge is 2.32. The van der Waals surface area contributed by atoms with Crippen molar-refractivity contribution in [2.75, 3.05) is 7.11 Å². The topological polar surface area (TPSA) is 81.7 Å². The van der Waals surface area contributed by atoms with Gasteiger partial charge in [0.2, 0.25) is 5.91 Å². The van der Waals surface area contributed by atoms with E-state index in [9.17, 15) is 14.4 Å². The van der Waals surface area contributed by atoms with Crippen molar-refractivity contribution < 1.29 is 23.9 Å². The number of benzene rings is 1. The SMILES string of the molecule is COc1cc(CC2SC(=O)NC2=O)cc(Cl)c1OC(C)=O. The summed E-state index contributed by atoms with van der Waals surface area (Å²) in [6, 6.07) is 3.21. The van der Waals surface area contributed by atoms with Crippen molar-refractivity contribution >= 4 is 40.5 Å². The number of hydrogen-bond acceptors (Lipinski definition) is 6. The van der Waals surface area contributed by atoms with Crippen LogP contribution < -0.4 is 14.8 Å².